The lowest BCUT2D eigenvalue weighted by molar-refractivity contribution is -0.121. The molecular weight excluding hydrogens is 284 g/mol. The van der Waals surface area contributed by atoms with Gasteiger partial charge in [0.1, 0.15) is 0 Å². The number of hydrazone groups is 1. The molecule has 0 radical (unpaired) electrons. The van der Waals surface area contributed by atoms with Gasteiger partial charge in [-0.15, -0.1) is 0 Å². The summed E-state index contributed by atoms with van der Waals surface area (Å²) >= 11 is 0. The van der Waals surface area contributed by atoms with Crippen LogP contribution in [0, 0.1) is 0 Å². The number of amides is 1. The van der Waals surface area contributed by atoms with Crippen LogP contribution >= 0.6 is 0 Å². The van der Waals surface area contributed by atoms with Gasteiger partial charge in [-0.3, -0.25) is 4.79 Å². The maximum atomic E-state index is 11.7. The summed E-state index contributed by atoms with van der Waals surface area (Å²) in [5.74, 6) is 0.538. The highest BCUT2D eigenvalue weighted by molar-refractivity contribution is 5.82. The molecule has 128 valence electrons. The summed E-state index contributed by atoms with van der Waals surface area (Å²) in [6, 6.07) is 8.27. The van der Waals surface area contributed by atoms with Gasteiger partial charge in [-0.05, 0) is 23.5 Å². The minimum absolute atomic E-state index is 0.00797. The largest absolute Gasteiger partial charge is 0.273 e. The van der Waals surface area contributed by atoms with Gasteiger partial charge in [0, 0.05) is 6.42 Å². The molecule has 1 rings (SSSR count). The summed E-state index contributed by atoms with van der Waals surface area (Å²) in [7, 11) is 0. The number of hydrogen-bond donors (Lipinski definition) is 1. The summed E-state index contributed by atoms with van der Waals surface area (Å²) in [5, 5.41) is 4.03. The number of unbranched alkanes of at least 4 members (excludes halogenated alkanes) is 6. The first-order valence-corrected chi connectivity index (χ1v) is 9.05. The van der Waals surface area contributed by atoms with Crippen molar-refractivity contribution in [2.75, 3.05) is 0 Å². The van der Waals surface area contributed by atoms with E-state index in [2.05, 4.69) is 43.4 Å². The van der Waals surface area contributed by atoms with Gasteiger partial charge in [0.25, 0.3) is 0 Å². The molecule has 1 aromatic rings. The molecule has 0 fully saturated rings. The molecule has 0 spiro atoms. The lowest BCUT2D eigenvalue weighted by Crippen LogP contribution is -2.16. The summed E-state index contributed by atoms with van der Waals surface area (Å²) in [6.07, 6.45) is 10.8. The van der Waals surface area contributed by atoms with Crippen LogP contribution in [0.5, 0.6) is 0 Å². The number of nitrogens with zero attached hydrogens (tertiary/aromatic N) is 1. The molecule has 23 heavy (non-hydrogen) atoms. The number of carbonyl (C=O) groups is 1. The van der Waals surface area contributed by atoms with E-state index in [4.69, 9.17) is 0 Å². The molecule has 0 bridgehead atoms. The number of rotatable bonds is 11. The first kappa shape index (κ1) is 19.4. The zero-order valence-electron chi connectivity index (χ0n) is 15.0. The molecule has 0 saturated heterocycles. The molecule has 0 aliphatic rings. The fourth-order valence-electron chi connectivity index (χ4n) is 2.44. The average Bonchev–Trinajstić information content (AvgIpc) is 2.54. The van der Waals surface area contributed by atoms with E-state index in [0.29, 0.717) is 12.3 Å². The van der Waals surface area contributed by atoms with Crippen LogP contribution in [-0.4, -0.2) is 12.1 Å². The third-order valence-electron chi connectivity index (χ3n) is 4.01. The van der Waals surface area contributed by atoms with Crippen LogP contribution in [0.25, 0.3) is 0 Å². The van der Waals surface area contributed by atoms with Crippen molar-refractivity contribution < 1.29 is 4.79 Å². The van der Waals surface area contributed by atoms with Crippen LogP contribution in [0.1, 0.15) is 89.2 Å². The lowest BCUT2D eigenvalue weighted by atomic mass is 10.0. The predicted molar refractivity (Wildman–Crippen MR) is 98.9 cm³/mol. The molecule has 1 aromatic carbocycles. The first-order chi connectivity index (χ1) is 11.1. The maximum absolute atomic E-state index is 11.7. The monoisotopic (exact) mass is 316 g/mol. The Morgan fingerprint density at radius 3 is 2.26 bits per heavy atom. The molecule has 1 N–H and O–H groups in total. The fraction of sp³-hybridized carbons (Fsp3) is 0.600. The standard InChI is InChI=1S/C20H32N2O/c1-4-5-6-7-8-9-10-11-20(23)22-21-16-18-12-14-19(15-13-18)17(2)3/h12-17H,4-11H2,1-3H3,(H,22,23)/b21-16+. The van der Waals surface area contributed by atoms with Crippen LogP contribution < -0.4 is 5.43 Å². The van der Waals surface area contributed by atoms with Crippen molar-refractivity contribution in [3.05, 3.63) is 35.4 Å². The fourth-order valence-corrected chi connectivity index (χ4v) is 2.44. The Bertz CT molecular complexity index is 463. The molecule has 0 aliphatic heterocycles. The zero-order valence-corrected chi connectivity index (χ0v) is 15.0. The van der Waals surface area contributed by atoms with Crippen LogP contribution in [-0.2, 0) is 4.79 Å². The van der Waals surface area contributed by atoms with Crippen LogP contribution in [0.2, 0.25) is 0 Å². The van der Waals surface area contributed by atoms with Crippen molar-refractivity contribution in [1.82, 2.24) is 5.43 Å². The van der Waals surface area contributed by atoms with Crippen molar-refractivity contribution in [3.8, 4) is 0 Å². The van der Waals surface area contributed by atoms with Gasteiger partial charge in [0.05, 0.1) is 6.21 Å². The van der Waals surface area contributed by atoms with Crippen molar-refractivity contribution in [3.63, 3.8) is 0 Å². The highest BCUT2D eigenvalue weighted by atomic mass is 16.2. The van der Waals surface area contributed by atoms with E-state index in [9.17, 15) is 4.79 Å². The molecular formula is C20H32N2O. The van der Waals surface area contributed by atoms with Gasteiger partial charge >= 0.3 is 0 Å². The molecule has 0 atom stereocenters. The molecule has 0 saturated carbocycles. The number of benzene rings is 1. The lowest BCUT2D eigenvalue weighted by Gasteiger charge is -2.04. The van der Waals surface area contributed by atoms with E-state index < -0.39 is 0 Å². The Morgan fingerprint density at radius 1 is 1.04 bits per heavy atom. The second-order valence-electron chi connectivity index (χ2n) is 6.49. The quantitative estimate of drug-likeness (QED) is 0.331. The second-order valence-corrected chi connectivity index (χ2v) is 6.49. The Balaban J connectivity index is 2.15. The molecule has 0 aliphatic carbocycles. The molecule has 3 heteroatoms. The van der Waals surface area contributed by atoms with Gasteiger partial charge in [-0.1, -0.05) is 83.6 Å². The van der Waals surface area contributed by atoms with Crippen LogP contribution in [0.4, 0.5) is 0 Å². The Hall–Kier alpha value is -1.64. The van der Waals surface area contributed by atoms with E-state index in [-0.39, 0.29) is 5.91 Å². The second kappa shape index (κ2) is 11.9. The van der Waals surface area contributed by atoms with Crippen LogP contribution in [0.15, 0.2) is 29.4 Å². The predicted octanol–water partition coefficient (Wildman–Crippen LogP) is 5.40. The van der Waals surface area contributed by atoms with Crippen molar-refractivity contribution in [2.45, 2.75) is 78.1 Å². The molecule has 1 amide bonds. The van der Waals surface area contributed by atoms with E-state index >= 15 is 0 Å². The normalized spacial score (nSPS) is 11.3. The number of hydrogen-bond acceptors (Lipinski definition) is 2. The van der Waals surface area contributed by atoms with Gasteiger partial charge in [0.15, 0.2) is 0 Å². The summed E-state index contributed by atoms with van der Waals surface area (Å²) in [5.41, 5.74) is 4.93. The Kier molecular flexibility index (Phi) is 10.0. The third kappa shape index (κ3) is 9.17. The minimum atomic E-state index is 0.00797. The number of nitrogens with one attached hydrogen (secondary N) is 1. The summed E-state index contributed by atoms with van der Waals surface area (Å²) in [6.45, 7) is 6.57. The van der Waals surface area contributed by atoms with Crippen molar-refractivity contribution >= 4 is 12.1 Å². The summed E-state index contributed by atoms with van der Waals surface area (Å²) in [4.78, 5) is 11.7. The summed E-state index contributed by atoms with van der Waals surface area (Å²) < 4.78 is 0. The van der Waals surface area contributed by atoms with Gasteiger partial charge < -0.3 is 0 Å². The van der Waals surface area contributed by atoms with E-state index in [0.717, 1.165) is 18.4 Å². The molecule has 0 unspecified atom stereocenters. The van der Waals surface area contributed by atoms with Crippen molar-refractivity contribution in [1.29, 1.82) is 0 Å². The van der Waals surface area contributed by atoms with Gasteiger partial charge in [0.2, 0.25) is 5.91 Å². The SMILES string of the molecule is CCCCCCCCCC(=O)N/N=C/c1ccc(C(C)C)cc1. The van der Waals surface area contributed by atoms with Crippen LogP contribution in [0.3, 0.4) is 0 Å². The Morgan fingerprint density at radius 2 is 1.65 bits per heavy atom. The minimum Gasteiger partial charge on any atom is -0.273 e. The molecule has 0 heterocycles. The maximum Gasteiger partial charge on any atom is 0.240 e. The van der Waals surface area contributed by atoms with Crippen molar-refractivity contribution in [2.24, 2.45) is 5.10 Å². The van der Waals surface area contributed by atoms with E-state index in [1.54, 1.807) is 6.21 Å². The highest BCUT2D eigenvalue weighted by Crippen LogP contribution is 2.13. The smallest absolute Gasteiger partial charge is 0.240 e. The van der Waals surface area contributed by atoms with Gasteiger partial charge in [-0.2, -0.15) is 5.10 Å². The van der Waals surface area contributed by atoms with E-state index in [1.165, 1.54) is 37.7 Å². The topological polar surface area (TPSA) is 41.5 Å². The average molecular weight is 316 g/mol. The van der Waals surface area contributed by atoms with E-state index in [1.807, 2.05) is 12.1 Å². The number of carbonyl (C=O) groups excluding carboxylic acids is 1. The Labute approximate surface area is 141 Å². The first-order valence-electron chi connectivity index (χ1n) is 9.05. The zero-order chi connectivity index (χ0) is 16.9. The highest BCUT2D eigenvalue weighted by Gasteiger charge is 2.00. The molecule has 0 aromatic heterocycles. The molecule has 3 nitrogen and oxygen atoms in total. The third-order valence-corrected chi connectivity index (χ3v) is 4.01. The van der Waals surface area contributed by atoms with Gasteiger partial charge in [-0.25, -0.2) is 5.43 Å².